The summed E-state index contributed by atoms with van der Waals surface area (Å²) in [5, 5.41) is 9.12. The Morgan fingerprint density at radius 2 is 2.00 bits per heavy atom. The van der Waals surface area contributed by atoms with Crippen LogP contribution in [0.2, 0.25) is 0 Å². The number of carboxylic acid groups (broad SMARTS) is 1. The van der Waals surface area contributed by atoms with Crippen LogP contribution in [0.4, 0.5) is 0 Å². The van der Waals surface area contributed by atoms with E-state index in [1.54, 1.807) is 17.0 Å². The van der Waals surface area contributed by atoms with Gasteiger partial charge in [-0.3, -0.25) is 14.4 Å². The molecule has 0 spiro atoms. The molecule has 1 aliphatic heterocycles. The van der Waals surface area contributed by atoms with Crippen LogP contribution in [-0.2, 0) is 14.4 Å². The molecule has 7 nitrogen and oxygen atoms in total. The first-order chi connectivity index (χ1) is 12.9. The molecule has 27 heavy (non-hydrogen) atoms. The molecule has 2 atom stereocenters. The zero-order valence-electron chi connectivity index (χ0n) is 16.0. The number of hydrogen-bond acceptors (Lipinski definition) is 4. The van der Waals surface area contributed by atoms with Crippen LogP contribution in [0.15, 0.2) is 30.3 Å². The topological polar surface area (TPSA) is 87.2 Å². The van der Waals surface area contributed by atoms with Gasteiger partial charge in [0.15, 0.2) is 6.61 Å². The molecule has 1 heterocycles. The quantitative estimate of drug-likeness (QED) is 0.750. The van der Waals surface area contributed by atoms with Gasteiger partial charge in [-0.05, 0) is 38.3 Å². The van der Waals surface area contributed by atoms with Crippen molar-refractivity contribution in [2.45, 2.75) is 39.2 Å². The average Bonchev–Trinajstić information content (AvgIpc) is 2.69. The fourth-order valence-corrected chi connectivity index (χ4v) is 3.21. The Kier molecular flexibility index (Phi) is 7.64. The molecule has 1 saturated heterocycles. The second kappa shape index (κ2) is 9.94. The summed E-state index contributed by atoms with van der Waals surface area (Å²) in [7, 11) is 0. The van der Waals surface area contributed by atoms with Crippen molar-refractivity contribution in [2.75, 3.05) is 26.2 Å². The summed E-state index contributed by atoms with van der Waals surface area (Å²) < 4.78 is 5.51. The van der Waals surface area contributed by atoms with E-state index < -0.39 is 5.97 Å². The summed E-state index contributed by atoms with van der Waals surface area (Å²) in [4.78, 5) is 39.5. The molecule has 1 N–H and O–H groups in total. The Morgan fingerprint density at radius 3 is 2.63 bits per heavy atom. The van der Waals surface area contributed by atoms with E-state index in [2.05, 4.69) is 0 Å². The number of piperidine rings is 1. The second-order valence-electron chi connectivity index (χ2n) is 6.90. The molecular weight excluding hydrogens is 348 g/mol. The maximum atomic E-state index is 12.9. The number of carboxylic acids is 1. The van der Waals surface area contributed by atoms with Gasteiger partial charge in [-0.15, -0.1) is 0 Å². The lowest BCUT2D eigenvalue weighted by molar-refractivity contribution is -0.150. The highest BCUT2D eigenvalue weighted by atomic mass is 16.5. The zero-order chi connectivity index (χ0) is 19.8. The first-order valence-electron chi connectivity index (χ1n) is 9.40. The summed E-state index contributed by atoms with van der Waals surface area (Å²) >= 11 is 0. The van der Waals surface area contributed by atoms with E-state index in [1.807, 2.05) is 32.0 Å². The summed E-state index contributed by atoms with van der Waals surface area (Å²) in [5.74, 6) is -1.12. The van der Waals surface area contributed by atoms with Crippen LogP contribution in [0.1, 0.15) is 33.1 Å². The number of para-hydroxylation sites is 1. The lowest BCUT2D eigenvalue weighted by atomic mass is 9.95. The standard InChI is InChI=1S/C20H28N2O5/c1-3-15(2)22(13-19(24)25)20(26)16-8-7-11-21(12-16)18(23)14-27-17-9-5-4-6-10-17/h4-6,9-10,15-16H,3,7-8,11-14H2,1-2H3,(H,24,25). The van der Waals surface area contributed by atoms with Gasteiger partial charge in [-0.2, -0.15) is 0 Å². The van der Waals surface area contributed by atoms with Crippen molar-refractivity contribution in [2.24, 2.45) is 5.92 Å². The Hall–Kier alpha value is -2.57. The van der Waals surface area contributed by atoms with E-state index in [9.17, 15) is 14.4 Å². The van der Waals surface area contributed by atoms with Crippen LogP contribution < -0.4 is 4.74 Å². The van der Waals surface area contributed by atoms with Crippen LogP contribution in [0, 0.1) is 5.92 Å². The van der Waals surface area contributed by atoms with Crippen molar-refractivity contribution in [1.29, 1.82) is 0 Å². The molecule has 1 aliphatic rings. The normalized spacial score (nSPS) is 17.9. The van der Waals surface area contributed by atoms with Crippen LogP contribution in [0.5, 0.6) is 5.75 Å². The number of aliphatic carboxylic acids is 1. The molecule has 0 aromatic heterocycles. The van der Waals surface area contributed by atoms with Crippen LogP contribution in [-0.4, -0.2) is 65.0 Å². The first-order valence-corrected chi connectivity index (χ1v) is 9.40. The number of nitrogens with zero attached hydrogens (tertiary/aromatic N) is 2. The van der Waals surface area contributed by atoms with Gasteiger partial charge in [0.05, 0.1) is 5.92 Å². The zero-order valence-corrected chi connectivity index (χ0v) is 16.0. The van der Waals surface area contributed by atoms with Crippen molar-refractivity contribution in [3.05, 3.63) is 30.3 Å². The van der Waals surface area contributed by atoms with Crippen molar-refractivity contribution < 1.29 is 24.2 Å². The molecule has 2 amide bonds. The SMILES string of the molecule is CCC(C)N(CC(=O)O)C(=O)C1CCCN(C(=O)COc2ccccc2)C1. The molecule has 1 aromatic rings. The summed E-state index contributed by atoms with van der Waals surface area (Å²) in [6.45, 7) is 4.28. The highest BCUT2D eigenvalue weighted by Gasteiger charge is 2.33. The number of carbonyl (C=O) groups excluding carboxylic acids is 2. The number of ether oxygens (including phenoxy) is 1. The van der Waals surface area contributed by atoms with E-state index in [4.69, 9.17) is 9.84 Å². The molecular formula is C20H28N2O5. The Labute approximate surface area is 159 Å². The monoisotopic (exact) mass is 376 g/mol. The van der Waals surface area contributed by atoms with Gasteiger partial charge in [0, 0.05) is 19.1 Å². The largest absolute Gasteiger partial charge is 0.484 e. The molecule has 1 aromatic carbocycles. The molecule has 2 unspecified atom stereocenters. The van der Waals surface area contributed by atoms with E-state index in [-0.39, 0.29) is 36.9 Å². The van der Waals surface area contributed by atoms with Gasteiger partial charge in [-0.1, -0.05) is 25.1 Å². The van der Waals surface area contributed by atoms with Crippen LogP contribution >= 0.6 is 0 Å². The fourth-order valence-electron chi connectivity index (χ4n) is 3.21. The van der Waals surface area contributed by atoms with Gasteiger partial charge < -0.3 is 19.6 Å². The lowest BCUT2D eigenvalue weighted by Gasteiger charge is -2.36. The highest BCUT2D eigenvalue weighted by molar-refractivity contribution is 5.85. The highest BCUT2D eigenvalue weighted by Crippen LogP contribution is 2.21. The smallest absolute Gasteiger partial charge is 0.323 e. The molecule has 0 bridgehead atoms. The molecule has 0 aliphatic carbocycles. The third kappa shape index (κ3) is 5.98. The number of benzene rings is 1. The van der Waals surface area contributed by atoms with Crippen molar-refractivity contribution in [3.63, 3.8) is 0 Å². The Morgan fingerprint density at radius 1 is 1.30 bits per heavy atom. The van der Waals surface area contributed by atoms with Crippen molar-refractivity contribution >= 4 is 17.8 Å². The molecule has 2 rings (SSSR count). The second-order valence-corrected chi connectivity index (χ2v) is 6.90. The van der Waals surface area contributed by atoms with Gasteiger partial charge in [0.25, 0.3) is 5.91 Å². The third-order valence-corrected chi connectivity index (χ3v) is 4.94. The summed E-state index contributed by atoms with van der Waals surface area (Å²) in [6, 6.07) is 8.96. The third-order valence-electron chi connectivity index (χ3n) is 4.94. The molecule has 0 saturated carbocycles. The summed E-state index contributed by atoms with van der Waals surface area (Å²) in [5.41, 5.74) is 0. The number of rotatable bonds is 8. The van der Waals surface area contributed by atoms with E-state index in [0.717, 1.165) is 6.42 Å². The molecule has 1 fully saturated rings. The first kappa shape index (κ1) is 20.7. The predicted octanol–water partition coefficient (Wildman–Crippen LogP) is 2.02. The van der Waals surface area contributed by atoms with Gasteiger partial charge in [-0.25, -0.2) is 0 Å². The Balaban J connectivity index is 1.95. The summed E-state index contributed by atoms with van der Waals surface area (Å²) in [6.07, 6.45) is 2.06. The predicted molar refractivity (Wildman–Crippen MR) is 100 cm³/mol. The maximum absolute atomic E-state index is 12.9. The van der Waals surface area contributed by atoms with Gasteiger partial charge >= 0.3 is 5.97 Å². The number of amides is 2. The minimum atomic E-state index is -1.02. The molecule has 148 valence electrons. The minimum Gasteiger partial charge on any atom is -0.484 e. The lowest BCUT2D eigenvalue weighted by Crippen LogP contribution is -2.50. The molecule has 7 heteroatoms. The van der Waals surface area contributed by atoms with Gasteiger partial charge in [0.1, 0.15) is 12.3 Å². The van der Waals surface area contributed by atoms with Crippen molar-refractivity contribution in [3.8, 4) is 5.75 Å². The molecule has 0 radical (unpaired) electrons. The average molecular weight is 376 g/mol. The van der Waals surface area contributed by atoms with Crippen LogP contribution in [0.3, 0.4) is 0 Å². The van der Waals surface area contributed by atoms with E-state index in [1.165, 1.54) is 4.90 Å². The van der Waals surface area contributed by atoms with Crippen molar-refractivity contribution in [1.82, 2.24) is 9.80 Å². The van der Waals surface area contributed by atoms with Crippen LogP contribution in [0.25, 0.3) is 0 Å². The maximum Gasteiger partial charge on any atom is 0.323 e. The minimum absolute atomic E-state index is 0.0743. The Bertz CT molecular complexity index is 649. The fraction of sp³-hybridized carbons (Fsp3) is 0.550. The number of carbonyl (C=O) groups is 3. The number of hydrogen-bond donors (Lipinski definition) is 1. The van der Waals surface area contributed by atoms with E-state index >= 15 is 0 Å². The number of likely N-dealkylation sites (tertiary alicyclic amines) is 1. The van der Waals surface area contributed by atoms with Gasteiger partial charge in [0.2, 0.25) is 5.91 Å². The van der Waals surface area contributed by atoms with E-state index in [0.29, 0.717) is 31.7 Å².